The highest BCUT2D eigenvalue weighted by Crippen LogP contribution is 2.30. The fourth-order valence-electron chi connectivity index (χ4n) is 2.22. The van der Waals surface area contributed by atoms with E-state index in [1.54, 1.807) is 18.2 Å². The van der Waals surface area contributed by atoms with Gasteiger partial charge in [0.1, 0.15) is 11.3 Å². The number of nitro benzene ring substituents is 1. The lowest BCUT2D eigenvalue weighted by Gasteiger charge is -2.12. The topological polar surface area (TPSA) is 99.1 Å². The summed E-state index contributed by atoms with van der Waals surface area (Å²) in [6.07, 6.45) is 0. The summed E-state index contributed by atoms with van der Waals surface area (Å²) in [4.78, 5) is 26.3. The quantitative estimate of drug-likeness (QED) is 0.619. The normalized spacial score (nSPS) is 12.4. The number of benzene rings is 1. The molecule has 0 spiro atoms. The van der Waals surface area contributed by atoms with E-state index in [1.807, 2.05) is 13.8 Å². The van der Waals surface area contributed by atoms with Gasteiger partial charge in [-0.2, -0.15) is 4.98 Å². The molecule has 0 N–H and O–H groups in total. The average molecular weight is 289 g/mol. The molecule has 1 aromatic heterocycles. The predicted molar refractivity (Wildman–Crippen MR) is 74.6 cm³/mol. The van der Waals surface area contributed by atoms with Crippen LogP contribution in [-0.2, 0) is 4.79 Å². The summed E-state index contributed by atoms with van der Waals surface area (Å²) >= 11 is 0. The number of Topliss-reactive ketones (excluding diaryl/α,β-unsaturated/α-hetero) is 1. The minimum absolute atomic E-state index is 0.00144. The molecule has 1 heterocycles. The van der Waals surface area contributed by atoms with Gasteiger partial charge in [-0.1, -0.05) is 31.1 Å². The van der Waals surface area contributed by atoms with Crippen molar-refractivity contribution in [3.05, 3.63) is 40.3 Å². The standard InChI is InChI=1S/C14H15N3O4/c1-8(2)12(9(3)18)14-15-13(16-21-14)10-6-4-5-7-11(10)17(19)20/h4-8,12H,1-3H3. The second-order valence-electron chi connectivity index (χ2n) is 5.06. The van der Waals surface area contributed by atoms with Crippen molar-refractivity contribution in [2.75, 3.05) is 0 Å². The van der Waals surface area contributed by atoms with E-state index in [9.17, 15) is 14.9 Å². The molecule has 1 atom stereocenters. The number of para-hydroxylation sites is 1. The molecule has 0 aliphatic carbocycles. The largest absolute Gasteiger partial charge is 0.338 e. The van der Waals surface area contributed by atoms with Crippen LogP contribution in [0.3, 0.4) is 0 Å². The van der Waals surface area contributed by atoms with E-state index in [-0.39, 0.29) is 34.7 Å². The number of hydrogen-bond donors (Lipinski definition) is 0. The van der Waals surface area contributed by atoms with Crippen LogP contribution in [0.25, 0.3) is 11.4 Å². The number of aromatic nitrogens is 2. The van der Waals surface area contributed by atoms with Gasteiger partial charge in [-0.05, 0) is 18.9 Å². The highest BCUT2D eigenvalue weighted by molar-refractivity contribution is 5.82. The van der Waals surface area contributed by atoms with Crippen LogP contribution in [0, 0.1) is 16.0 Å². The second-order valence-corrected chi connectivity index (χ2v) is 5.06. The fraction of sp³-hybridized carbons (Fsp3) is 0.357. The molecule has 1 unspecified atom stereocenters. The van der Waals surface area contributed by atoms with Crippen molar-refractivity contribution in [2.45, 2.75) is 26.7 Å². The van der Waals surface area contributed by atoms with Crippen molar-refractivity contribution in [3.8, 4) is 11.4 Å². The van der Waals surface area contributed by atoms with Gasteiger partial charge in [-0.15, -0.1) is 0 Å². The molecule has 0 aliphatic rings. The van der Waals surface area contributed by atoms with E-state index in [0.717, 1.165) is 0 Å². The minimum Gasteiger partial charge on any atom is -0.338 e. The first-order chi connectivity index (χ1) is 9.91. The number of carbonyl (C=O) groups is 1. The average Bonchev–Trinajstić information content (AvgIpc) is 2.87. The van der Waals surface area contributed by atoms with E-state index in [2.05, 4.69) is 10.1 Å². The minimum atomic E-state index is -0.506. The number of ketones is 1. The first-order valence-electron chi connectivity index (χ1n) is 6.49. The van der Waals surface area contributed by atoms with Gasteiger partial charge in [0.05, 0.1) is 10.8 Å². The Morgan fingerprint density at radius 1 is 1.33 bits per heavy atom. The monoisotopic (exact) mass is 289 g/mol. The van der Waals surface area contributed by atoms with E-state index >= 15 is 0 Å². The highest BCUT2D eigenvalue weighted by atomic mass is 16.6. The lowest BCUT2D eigenvalue weighted by molar-refractivity contribution is -0.384. The summed E-state index contributed by atoms with van der Waals surface area (Å²) in [5.41, 5.74) is 0.164. The lowest BCUT2D eigenvalue weighted by atomic mass is 9.92. The number of nitro groups is 1. The molecular formula is C14H15N3O4. The van der Waals surface area contributed by atoms with E-state index in [0.29, 0.717) is 0 Å². The Morgan fingerprint density at radius 3 is 2.57 bits per heavy atom. The number of hydrogen-bond acceptors (Lipinski definition) is 6. The smallest absolute Gasteiger partial charge is 0.280 e. The van der Waals surface area contributed by atoms with Gasteiger partial charge in [-0.3, -0.25) is 14.9 Å². The van der Waals surface area contributed by atoms with Crippen LogP contribution in [-0.4, -0.2) is 20.8 Å². The molecule has 0 radical (unpaired) electrons. The zero-order valence-electron chi connectivity index (χ0n) is 11.9. The van der Waals surface area contributed by atoms with Gasteiger partial charge >= 0.3 is 0 Å². The molecule has 0 saturated carbocycles. The van der Waals surface area contributed by atoms with Gasteiger partial charge in [0, 0.05) is 6.07 Å². The van der Waals surface area contributed by atoms with Crippen LogP contribution in [0.4, 0.5) is 5.69 Å². The third-order valence-corrected chi connectivity index (χ3v) is 3.15. The van der Waals surface area contributed by atoms with Crippen LogP contribution in [0.1, 0.15) is 32.6 Å². The van der Waals surface area contributed by atoms with Gasteiger partial charge < -0.3 is 4.52 Å². The summed E-state index contributed by atoms with van der Waals surface area (Å²) in [6.45, 7) is 5.21. The summed E-state index contributed by atoms with van der Waals surface area (Å²) in [5.74, 6) is -0.284. The number of rotatable bonds is 5. The lowest BCUT2D eigenvalue weighted by Crippen LogP contribution is -2.15. The van der Waals surface area contributed by atoms with Gasteiger partial charge in [0.25, 0.3) is 5.69 Å². The Bertz CT molecular complexity index is 678. The molecule has 0 bridgehead atoms. The Morgan fingerprint density at radius 2 is 2.00 bits per heavy atom. The molecule has 7 nitrogen and oxygen atoms in total. The molecular weight excluding hydrogens is 274 g/mol. The summed E-state index contributed by atoms with van der Waals surface area (Å²) in [7, 11) is 0. The molecule has 0 aliphatic heterocycles. The molecule has 0 fully saturated rings. The molecule has 2 aromatic rings. The summed E-state index contributed by atoms with van der Waals surface area (Å²) in [5, 5.41) is 14.8. The Labute approximate surface area is 121 Å². The van der Waals surface area contributed by atoms with Crippen LogP contribution < -0.4 is 0 Å². The SMILES string of the molecule is CC(=O)C(c1nc(-c2ccccc2[N+](=O)[O-])no1)C(C)C. The summed E-state index contributed by atoms with van der Waals surface area (Å²) in [6, 6.07) is 6.14. The Hall–Kier alpha value is -2.57. The highest BCUT2D eigenvalue weighted by Gasteiger charge is 2.28. The molecule has 0 amide bonds. The maximum atomic E-state index is 11.7. The van der Waals surface area contributed by atoms with Crippen LogP contribution >= 0.6 is 0 Å². The van der Waals surface area contributed by atoms with Crippen molar-refractivity contribution >= 4 is 11.5 Å². The van der Waals surface area contributed by atoms with Gasteiger partial charge in [0.15, 0.2) is 0 Å². The third-order valence-electron chi connectivity index (χ3n) is 3.15. The van der Waals surface area contributed by atoms with Crippen molar-refractivity contribution in [1.29, 1.82) is 0 Å². The zero-order chi connectivity index (χ0) is 15.6. The fourth-order valence-corrected chi connectivity index (χ4v) is 2.22. The van der Waals surface area contributed by atoms with Crippen LogP contribution in [0.15, 0.2) is 28.8 Å². The van der Waals surface area contributed by atoms with Crippen molar-refractivity contribution in [2.24, 2.45) is 5.92 Å². The number of carbonyl (C=O) groups excluding carboxylic acids is 1. The second kappa shape index (κ2) is 5.82. The van der Waals surface area contributed by atoms with Gasteiger partial charge in [0.2, 0.25) is 11.7 Å². The van der Waals surface area contributed by atoms with Crippen molar-refractivity contribution in [3.63, 3.8) is 0 Å². The maximum absolute atomic E-state index is 11.7. The first-order valence-corrected chi connectivity index (χ1v) is 6.49. The van der Waals surface area contributed by atoms with E-state index < -0.39 is 10.8 Å². The number of nitrogens with zero attached hydrogens (tertiary/aromatic N) is 3. The molecule has 0 saturated heterocycles. The molecule has 2 rings (SSSR count). The first kappa shape index (κ1) is 14.8. The molecule has 110 valence electrons. The predicted octanol–water partition coefficient (Wildman–Crippen LogP) is 2.97. The third kappa shape index (κ3) is 2.96. The molecule has 21 heavy (non-hydrogen) atoms. The maximum Gasteiger partial charge on any atom is 0.280 e. The van der Waals surface area contributed by atoms with Crippen LogP contribution in [0.2, 0.25) is 0 Å². The van der Waals surface area contributed by atoms with Crippen LogP contribution in [0.5, 0.6) is 0 Å². The summed E-state index contributed by atoms with van der Waals surface area (Å²) < 4.78 is 5.13. The molecule has 1 aromatic carbocycles. The Balaban J connectivity index is 2.45. The van der Waals surface area contributed by atoms with Gasteiger partial charge in [-0.25, -0.2) is 0 Å². The Kier molecular flexibility index (Phi) is 4.11. The van der Waals surface area contributed by atoms with E-state index in [1.165, 1.54) is 13.0 Å². The van der Waals surface area contributed by atoms with E-state index in [4.69, 9.17) is 4.52 Å². The molecule has 7 heteroatoms. The van der Waals surface area contributed by atoms with Crippen molar-refractivity contribution in [1.82, 2.24) is 10.1 Å². The van der Waals surface area contributed by atoms with Crippen molar-refractivity contribution < 1.29 is 14.2 Å². The zero-order valence-corrected chi connectivity index (χ0v) is 11.9.